The van der Waals surface area contributed by atoms with Gasteiger partial charge in [0.15, 0.2) is 0 Å². The molecule has 2 N–H and O–H groups in total. The zero-order chi connectivity index (χ0) is 13.0. The lowest BCUT2D eigenvalue weighted by molar-refractivity contribution is -0.139. The lowest BCUT2D eigenvalue weighted by Crippen LogP contribution is -2.43. The first-order chi connectivity index (χ1) is 8.02. The van der Waals surface area contributed by atoms with Crippen LogP contribution in [0.25, 0.3) is 0 Å². The van der Waals surface area contributed by atoms with Crippen LogP contribution in [0.1, 0.15) is 20.8 Å². The minimum Gasteiger partial charge on any atom is -0.395 e. The third-order valence-electron chi connectivity index (χ3n) is 3.58. The molecule has 5 nitrogen and oxygen atoms in total. The standard InChI is InChI=1S/C12H23NO4/c1-8-9(2)17-10(3)11(8)12(16)13(4-6-14)5-7-15/h8-11,14-15H,4-7H2,1-3H3. The van der Waals surface area contributed by atoms with Crippen molar-refractivity contribution in [3.63, 3.8) is 0 Å². The lowest BCUT2D eigenvalue weighted by atomic mass is 9.88. The minimum atomic E-state index is -0.178. The number of hydrogen-bond acceptors (Lipinski definition) is 4. The number of carbonyl (C=O) groups is 1. The average Bonchev–Trinajstić information content (AvgIpc) is 2.52. The van der Waals surface area contributed by atoms with Crippen molar-refractivity contribution < 1.29 is 19.7 Å². The third-order valence-corrected chi connectivity index (χ3v) is 3.58. The molecule has 1 fully saturated rings. The van der Waals surface area contributed by atoms with Crippen LogP contribution in [0.3, 0.4) is 0 Å². The molecule has 0 aromatic rings. The summed E-state index contributed by atoms with van der Waals surface area (Å²) in [6, 6.07) is 0. The van der Waals surface area contributed by atoms with Gasteiger partial charge in [0.1, 0.15) is 0 Å². The second kappa shape index (κ2) is 6.33. The Labute approximate surface area is 102 Å². The predicted octanol–water partition coefficient (Wildman–Crippen LogP) is -0.141. The van der Waals surface area contributed by atoms with E-state index in [9.17, 15) is 4.79 Å². The zero-order valence-corrected chi connectivity index (χ0v) is 10.8. The maximum Gasteiger partial charge on any atom is 0.228 e. The number of amides is 1. The third kappa shape index (κ3) is 3.18. The maximum atomic E-state index is 12.3. The molecule has 1 aliphatic rings. The molecule has 4 unspecified atom stereocenters. The van der Waals surface area contributed by atoms with E-state index in [4.69, 9.17) is 14.9 Å². The quantitative estimate of drug-likeness (QED) is 0.707. The van der Waals surface area contributed by atoms with Gasteiger partial charge in [-0.15, -0.1) is 0 Å². The van der Waals surface area contributed by atoms with Crippen LogP contribution < -0.4 is 0 Å². The number of hydrogen-bond donors (Lipinski definition) is 2. The summed E-state index contributed by atoms with van der Waals surface area (Å²) in [4.78, 5) is 13.8. The van der Waals surface area contributed by atoms with Gasteiger partial charge >= 0.3 is 0 Å². The fourth-order valence-corrected chi connectivity index (χ4v) is 2.48. The molecule has 0 aromatic heterocycles. The highest BCUT2D eigenvalue weighted by Crippen LogP contribution is 2.33. The highest BCUT2D eigenvalue weighted by Gasteiger charge is 2.42. The molecule has 1 rings (SSSR count). The summed E-state index contributed by atoms with van der Waals surface area (Å²) in [6.07, 6.45) is -0.0311. The monoisotopic (exact) mass is 245 g/mol. The molecule has 1 saturated heterocycles. The topological polar surface area (TPSA) is 70.0 Å². The van der Waals surface area contributed by atoms with E-state index in [2.05, 4.69) is 0 Å². The first kappa shape index (κ1) is 14.4. The Bertz CT molecular complexity index is 253. The maximum absolute atomic E-state index is 12.3. The second-order valence-corrected chi connectivity index (χ2v) is 4.70. The number of nitrogens with zero attached hydrogens (tertiary/aromatic N) is 1. The van der Waals surface area contributed by atoms with Crippen molar-refractivity contribution in [2.24, 2.45) is 11.8 Å². The smallest absolute Gasteiger partial charge is 0.228 e. The van der Waals surface area contributed by atoms with Crippen molar-refractivity contribution in [3.05, 3.63) is 0 Å². The van der Waals surface area contributed by atoms with Gasteiger partial charge in [0.2, 0.25) is 5.91 Å². The molecule has 0 radical (unpaired) electrons. The van der Waals surface area contributed by atoms with E-state index in [1.807, 2.05) is 20.8 Å². The van der Waals surface area contributed by atoms with Crippen LogP contribution in [0.4, 0.5) is 0 Å². The lowest BCUT2D eigenvalue weighted by Gasteiger charge is -2.27. The number of rotatable bonds is 5. The Hall–Kier alpha value is -0.650. The van der Waals surface area contributed by atoms with Crippen LogP contribution in [0.2, 0.25) is 0 Å². The van der Waals surface area contributed by atoms with Crippen LogP contribution in [0.5, 0.6) is 0 Å². The molecule has 1 amide bonds. The van der Waals surface area contributed by atoms with Gasteiger partial charge in [-0.25, -0.2) is 0 Å². The van der Waals surface area contributed by atoms with E-state index in [-0.39, 0.29) is 56.3 Å². The van der Waals surface area contributed by atoms with Crippen molar-refractivity contribution in [1.82, 2.24) is 4.90 Å². The number of aliphatic hydroxyl groups excluding tert-OH is 2. The zero-order valence-electron chi connectivity index (χ0n) is 10.8. The number of aliphatic hydroxyl groups is 2. The van der Waals surface area contributed by atoms with Gasteiger partial charge in [-0.1, -0.05) is 6.92 Å². The van der Waals surface area contributed by atoms with E-state index in [1.54, 1.807) is 0 Å². The van der Waals surface area contributed by atoms with E-state index in [0.29, 0.717) is 0 Å². The molecule has 0 saturated carbocycles. The highest BCUT2D eigenvalue weighted by atomic mass is 16.5. The predicted molar refractivity (Wildman–Crippen MR) is 63.4 cm³/mol. The Morgan fingerprint density at radius 2 is 1.65 bits per heavy atom. The van der Waals surface area contributed by atoms with Crippen molar-refractivity contribution in [2.75, 3.05) is 26.3 Å². The first-order valence-corrected chi connectivity index (χ1v) is 6.18. The minimum absolute atomic E-state index is 0.0301. The Kier molecular flexibility index (Phi) is 5.36. The summed E-state index contributed by atoms with van der Waals surface area (Å²) in [7, 11) is 0. The van der Waals surface area contributed by atoms with E-state index in [0.717, 1.165) is 0 Å². The fourth-order valence-electron chi connectivity index (χ4n) is 2.48. The van der Waals surface area contributed by atoms with E-state index in [1.165, 1.54) is 4.90 Å². The largest absolute Gasteiger partial charge is 0.395 e. The normalized spacial score (nSPS) is 32.8. The summed E-state index contributed by atoms with van der Waals surface area (Å²) in [5.41, 5.74) is 0. The molecule has 1 aliphatic heterocycles. The van der Waals surface area contributed by atoms with Gasteiger partial charge in [-0.05, 0) is 19.8 Å². The van der Waals surface area contributed by atoms with Gasteiger partial charge in [0, 0.05) is 13.1 Å². The molecule has 1 heterocycles. The summed E-state index contributed by atoms with van der Waals surface area (Å²) < 4.78 is 5.64. The summed E-state index contributed by atoms with van der Waals surface area (Å²) in [6.45, 7) is 6.24. The fraction of sp³-hybridized carbons (Fsp3) is 0.917. The van der Waals surface area contributed by atoms with Gasteiger partial charge in [-0.3, -0.25) is 4.79 Å². The molecule has 100 valence electrons. The first-order valence-electron chi connectivity index (χ1n) is 6.18. The van der Waals surface area contributed by atoms with Gasteiger partial charge < -0.3 is 19.8 Å². The van der Waals surface area contributed by atoms with Crippen LogP contribution in [0, 0.1) is 11.8 Å². The molecule has 5 heteroatoms. The SMILES string of the molecule is CC1OC(C)C(C(=O)N(CCO)CCO)C1C. The highest BCUT2D eigenvalue weighted by molar-refractivity contribution is 5.80. The molecule has 0 aliphatic carbocycles. The molecule has 4 atom stereocenters. The van der Waals surface area contributed by atoms with E-state index >= 15 is 0 Å². The summed E-state index contributed by atoms with van der Waals surface area (Å²) in [5, 5.41) is 17.9. The average molecular weight is 245 g/mol. The van der Waals surface area contributed by atoms with Crippen LogP contribution in [-0.4, -0.2) is 59.5 Å². The van der Waals surface area contributed by atoms with Crippen molar-refractivity contribution in [1.29, 1.82) is 0 Å². The Morgan fingerprint density at radius 3 is 2.00 bits per heavy atom. The summed E-state index contributed by atoms with van der Waals surface area (Å²) >= 11 is 0. The molecule has 0 spiro atoms. The van der Waals surface area contributed by atoms with Gasteiger partial charge in [0.05, 0.1) is 31.3 Å². The number of ether oxygens (including phenoxy) is 1. The second-order valence-electron chi connectivity index (χ2n) is 4.70. The van der Waals surface area contributed by atoms with Crippen molar-refractivity contribution >= 4 is 5.91 Å². The molecule has 0 aromatic carbocycles. The Morgan fingerprint density at radius 1 is 1.12 bits per heavy atom. The van der Waals surface area contributed by atoms with Crippen molar-refractivity contribution in [3.8, 4) is 0 Å². The van der Waals surface area contributed by atoms with Crippen molar-refractivity contribution in [2.45, 2.75) is 33.0 Å². The van der Waals surface area contributed by atoms with Crippen LogP contribution >= 0.6 is 0 Å². The number of carbonyl (C=O) groups excluding carboxylic acids is 1. The molecular weight excluding hydrogens is 222 g/mol. The summed E-state index contributed by atoms with van der Waals surface area (Å²) in [5.74, 6) is -0.0436. The van der Waals surface area contributed by atoms with Crippen LogP contribution in [-0.2, 0) is 9.53 Å². The van der Waals surface area contributed by atoms with Crippen LogP contribution in [0.15, 0.2) is 0 Å². The Balaban J connectivity index is 2.72. The van der Waals surface area contributed by atoms with Gasteiger partial charge in [-0.2, -0.15) is 0 Å². The molecule has 17 heavy (non-hydrogen) atoms. The molecule has 0 bridgehead atoms. The van der Waals surface area contributed by atoms with Gasteiger partial charge in [0.25, 0.3) is 0 Å². The van der Waals surface area contributed by atoms with E-state index < -0.39 is 0 Å². The molecular formula is C12H23NO4.